The van der Waals surface area contributed by atoms with Crippen molar-refractivity contribution in [3.05, 3.63) is 39.6 Å². The van der Waals surface area contributed by atoms with Gasteiger partial charge in [-0.3, -0.25) is 0 Å². The Hall–Kier alpha value is -0.790. The molecule has 0 aliphatic heterocycles. The van der Waals surface area contributed by atoms with E-state index in [-0.39, 0.29) is 0 Å². The first kappa shape index (κ1) is 9.75. The molecule has 1 heterocycles. The molecule has 0 saturated carbocycles. The molecule has 1 nitrogen and oxygen atoms in total. The summed E-state index contributed by atoms with van der Waals surface area (Å²) in [7, 11) is 0. The number of nitrogens with zero attached hydrogens (tertiary/aromatic N) is 1. The Morgan fingerprint density at radius 3 is 2.50 bits per heavy atom. The highest BCUT2D eigenvalue weighted by atomic mass is 35.5. The van der Waals surface area contributed by atoms with E-state index < -0.39 is 0 Å². The molecule has 0 N–H and O–H groups in total. The summed E-state index contributed by atoms with van der Waals surface area (Å²) in [6, 6.07) is 5.75. The van der Waals surface area contributed by atoms with Gasteiger partial charge in [0.05, 0.1) is 0 Å². The lowest BCUT2D eigenvalue weighted by Gasteiger charge is -2.06. The molecule has 2 rings (SSSR count). The van der Waals surface area contributed by atoms with Gasteiger partial charge in [0, 0.05) is 16.1 Å². The molecule has 0 aliphatic carbocycles. The highest BCUT2D eigenvalue weighted by Crippen LogP contribution is 2.29. The number of pyridine rings is 1. The molecule has 0 radical (unpaired) electrons. The molecule has 72 valence electrons. The van der Waals surface area contributed by atoms with E-state index in [0.717, 1.165) is 27.1 Å². The van der Waals surface area contributed by atoms with Crippen LogP contribution in [0, 0.1) is 13.8 Å². The van der Waals surface area contributed by atoms with Gasteiger partial charge >= 0.3 is 0 Å². The lowest BCUT2D eigenvalue weighted by atomic mass is 10.1. The van der Waals surface area contributed by atoms with Gasteiger partial charge in [-0.05, 0) is 43.0 Å². The summed E-state index contributed by atoms with van der Waals surface area (Å²) in [4.78, 5) is 4.19. The van der Waals surface area contributed by atoms with Crippen LogP contribution in [0.2, 0.25) is 10.2 Å². The van der Waals surface area contributed by atoms with E-state index in [4.69, 9.17) is 23.2 Å². The second-order valence-corrected chi connectivity index (χ2v) is 4.09. The van der Waals surface area contributed by atoms with E-state index in [1.54, 1.807) is 0 Å². The Morgan fingerprint density at radius 1 is 1.07 bits per heavy atom. The smallest absolute Gasteiger partial charge is 0.137 e. The molecule has 1 aromatic carbocycles. The van der Waals surface area contributed by atoms with Crippen molar-refractivity contribution in [2.75, 3.05) is 0 Å². The average molecular weight is 226 g/mol. The molecule has 3 heteroatoms. The van der Waals surface area contributed by atoms with E-state index in [1.807, 2.05) is 32.0 Å². The second-order valence-electron chi connectivity index (χ2n) is 3.32. The largest absolute Gasteiger partial charge is 0.241 e. The molecule has 0 atom stereocenters. The van der Waals surface area contributed by atoms with Gasteiger partial charge in [0.25, 0.3) is 0 Å². The summed E-state index contributed by atoms with van der Waals surface area (Å²) < 4.78 is 0. The van der Waals surface area contributed by atoms with Crippen LogP contribution < -0.4 is 0 Å². The first-order valence-electron chi connectivity index (χ1n) is 4.31. The second kappa shape index (κ2) is 3.41. The third-order valence-electron chi connectivity index (χ3n) is 2.30. The van der Waals surface area contributed by atoms with Crippen molar-refractivity contribution in [2.45, 2.75) is 13.8 Å². The van der Waals surface area contributed by atoms with Crippen LogP contribution in [0.15, 0.2) is 18.2 Å². The zero-order valence-electron chi connectivity index (χ0n) is 7.94. The lowest BCUT2D eigenvalue weighted by molar-refractivity contribution is 1.22. The summed E-state index contributed by atoms with van der Waals surface area (Å²) in [6.07, 6.45) is 0. The summed E-state index contributed by atoms with van der Waals surface area (Å²) in [5.74, 6) is 0. The van der Waals surface area contributed by atoms with Crippen LogP contribution in [0.1, 0.15) is 11.3 Å². The van der Waals surface area contributed by atoms with Crippen LogP contribution in [-0.2, 0) is 0 Å². The van der Waals surface area contributed by atoms with Crippen molar-refractivity contribution in [3.63, 3.8) is 0 Å². The van der Waals surface area contributed by atoms with Crippen LogP contribution in [-0.4, -0.2) is 4.98 Å². The molecule has 2 aromatic rings. The third-order valence-corrected chi connectivity index (χ3v) is 3.00. The SMILES string of the molecule is Cc1cc2c(C)c(Cl)ccc2c(Cl)n1. The van der Waals surface area contributed by atoms with Crippen LogP contribution in [0.25, 0.3) is 10.8 Å². The number of halogens is 2. The summed E-state index contributed by atoms with van der Waals surface area (Å²) in [5.41, 5.74) is 1.96. The molecule has 1 aromatic heterocycles. The van der Waals surface area contributed by atoms with E-state index in [2.05, 4.69) is 4.98 Å². The Labute approximate surface area is 92.7 Å². The Bertz CT molecular complexity index is 506. The van der Waals surface area contributed by atoms with E-state index in [1.165, 1.54) is 0 Å². The number of rotatable bonds is 0. The topological polar surface area (TPSA) is 12.9 Å². The number of aromatic nitrogens is 1. The molecule has 0 aliphatic rings. The van der Waals surface area contributed by atoms with Crippen molar-refractivity contribution in [3.8, 4) is 0 Å². The summed E-state index contributed by atoms with van der Waals surface area (Å²) in [5, 5.41) is 3.34. The van der Waals surface area contributed by atoms with Crippen molar-refractivity contribution in [1.82, 2.24) is 4.98 Å². The first-order valence-corrected chi connectivity index (χ1v) is 5.07. The fourth-order valence-electron chi connectivity index (χ4n) is 1.52. The third kappa shape index (κ3) is 1.47. The van der Waals surface area contributed by atoms with Crippen molar-refractivity contribution < 1.29 is 0 Å². The quantitative estimate of drug-likeness (QED) is 0.614. The highest BCUT2D eigenvalue weighted by molar-refractivity contribution is 6.36. The first-order chi connectivity index (χ1) is 6.59. The molecular weight excluding hydrogens is 217 g/mol. The number of benzene rings is 1. The fourth-order valence-corrected chi connectivity index (χ4v) is 1.99. The Kier molecular flexibility index (Phi) is 2.38. The highest BCUT2D eigenvalue weighted by Gasteiger charge is 2.06. The standard InChI is InChI=1S/C11H9Cl2N/c1-6-5-9-7(2)10(12)4-3-8(9)11(13)14-6/h3-5H,1-2H3. The molecule has 0 bridgehead atoms. The average Bonchev–Trinajstić information content (AvgIpc) is 2.12. The Morgan fingerprint density at radius 2 is 1.79 bits per heavy atom. The molecule has 0 fully saturated rings. The van der Waals surface area contributed by atoms with Crippen LogP contribution in [0.3, 0.4) is 0 Å². The zero-order chi connectivity index (χ0) is 10.3. The maximum absolute atomic E-state index is 6.03. The fraction of sp³-hybridized carbons (Fsp3) is 0.182. The minimum atomic E-state index is 0.541. The molecule has 0 unspecified atom stereocenters. The number of fused-ring (bicyclic) bond motifs is 1. The predicted molar refractivity (Wildman–Crippen MR) is 61.2 cm³/mol. The lowest BCUT2D eigenvalue weighted by Crippen LogP contribution is -1.87. The van der Waals surface area contributed by atoms with Crippen molar-refractivity contribution >= 4 is 34.0 Å². The van der Waals surface area contributed by atoms with Gasteiger partial charge in [0.15, 0.2) is 0 Å². The van der Waals surface area contributed by atoms with Gasteiger partial charge in [-0.15, -0.1) is 0 Å². The van der Waals surface area contributed by atoms with Crippen molar-refractivity contribution in [1.29, 1.82) is 0 Å². The van der Waals surface area contributed by atoms with Gasteiger partial charge in [0.1, 0.15) is 5.15 Å². The van der Waals surface area contributed by atoms with Gasteiger partial charge in [-0.1, -0.05) is 23.2 Å². The molecular formula is C11H9Cl2N. The van der Waals surface area contributed by atoms with Gasteiger partial charge < -0.3 is 0 Å². The van der Waals surface area contributed by atoms with Crippen LogP contribution in [0.5, 0.6) is 0 Å². The van der Waals surface area contributed by atoms with Gasteiger partial charge in [-0.25, -0.2) is 4.98 Å². The minimum Gasteiger partial charge on any atom is -0.241 e. The van der Waals surface area contributed by atoms with Gasteiger partial charge in [-0.2, -0.15) is 0 Å². The van der Waals surface area contributed by atoms with Crippen LogP contribution in [0.4, 0.5) is 0 Å². The molecule has 0 saturated heterocycles. The van der Waals surface area contributed by atoms with Crippen LogP contribution >= 0.6 is 23.2 Å². The predicted octanol–water partition coefficient (Wildman–Crippen LogP) is 4.16. The van der Waals surface area contributed by atoms with E-state index in [9.17, 15) is 0 Å². The summed E-state index contributed by atoms with van der Waals surface area (Å²) >= 11 is 12.1. The minimum absolute atomic E-state index is 0.541. The van der Waals surface area contributed by atoms with Gasteiger partial charge in [0.2, 0.25) is 0 Å². The molecule has 0 spiro atoms. The number of hydrogen-bond donors (Lipinski definition) is 0. The number of aryl methyl sites for hydroxylation is 2. The Balaban J connectivity index is 2.95. The van der Waals surface area contributed by atoms with Crippen molar-refractivity contribution in [2.24, 2.45) is 0 Å². The summed E-state index contributed by atoms with van der Waals surface area (Å²) in [6.45, 7) is 3.91. The zero-order valence-corrected chi connectivity index (χ0v) is 9.45. The van der Waals surface area contributed by atoms with E-state index >= 15 is 0 Å². The maximum Gasteiger partial charge on any atom is 0.137 e. The van der Waals surface area contributed by atoms with E-state index in [0.29, 0.717) is 5.15 Å². The molecule has 0 amide bonds. The maximum atomic E-state index is 6.03. The molecule has 14 heavy (non-hydrogen) atoms. The monoisotopic (exact) mass is 225 g/mol. The normalized spacial score (nSPS) is 10.9. The number of hydrogen-bond acceptors (Lipinski definition) is 1.